The zero-order chi connectivity index (χ0) is 20.1. The number of amidine groups is 1. The Hall–Kier alpha value is -2.39. The first kappa shape index (κ1) is 20.3. The number of hydrogen-bond donors (Lipinski definition) is 1. The Kier molecular flexibility index (Phi) is 6.35. The van der Waals surface area contributed by atoms with Gasteiger partial charge in [0.2, 0.25) is 5.91 Å². The molecule has 0 atom stereocenters. The predicted molar refractivity (Wildman–Crippen MR) is 109 cm³/mol. The Morgan fingerprint density at radius 3 is 2.46 bits per heavy atom. The third-order valence-electron chi connectivity index (χ3n) is 4.18. The van der Waals surface area contributed by atoms with Gasteiger partial charge in [-0.25, -0.2) is 4.39 Å². The SMILES string of the molecule is CN1CCCC1=NS(=O)(=O)c1ccc(NC(=O)CSc2ccc(F)cc2)cc1. The van der Waals surface area contributed by atoms with Crippen molar-refractivity contribution in [3.05, 3.63) is 54.3 Å². The molecule has 1 amide bonds. The number of halogens is 1. The lowest BCUT2D eigenvalue weighted by Gasteiger charge is -2.11. The molecule has 0 radical (unpaired) electrons. The fraction of sp³-hybridized carbons (Fsp3) is 0.263. The maximum absolute atomic E-state index is 12.9. The van der Waals surface area contributed by atoms with Gasteiger partial charge in [0.25, 0.3) is 10.0 Å². The van der Waals surface area contributed by atoms with Gasteiger partial charge >= 0.3 is 0 Å². The number of nitrogens with zero attached hydrogens (tertiary/aromatic N) is 2. The van der Waals surface area contributed by atoms with Crippen molar-refractivity contribution in [2.75, 3.05) is 24.7 Å². The summed E-state index contributed by atoms with van der Waals surface area (Å²) >= 11 is 1.28. The summed E-state index contributed by atoms with van der Waals surface area (Å²) in [7, 11) is -1.95. The average Bonchev–Trinajstić information content (AvgIpc) is 3.06. The van der Waals surface area contributed by atoms with Crippen LogP contribution in [0, 0.1) is 5.82 Å². The smallest absolute Gasteiger partial charge is 0.283 e. The fourth-order valence-corrected chi connectivity index (χ4v) is 4.48. The minimum absolute atomic E-state index is 0.0824. The third-order valence-corrected chi connectivity index (χ3v) is 6.51. The Morgan fingerprint density at radius 2 is 1.86 bits per heavy atom. The number of sulfonamides is 1. The molecule has 0 saturated carbocycles. The summed E-state index contributed by atoms with van der Waals surface area (Å²) in [4.78, 5) is 14.8. The van der Waals surface area contributed by atoms with Gasteiger partial charge in [-0.05, 0) is 55.0 Å². The zero-order valence-corrected chi connectivity index (χ0v) is 16.9. The van der Waals surface area contributed by atoms with Crippen LogP contribution in [0.3, 0.4) is 0 Å². The molecule has 1 saturated heterocycles. The molecule has 1 aliphatic heterocycles. The van der Waals surface area contributed by atoms with Gasteiger partial charge in [0.15, 0.2) is 0 Å². The van der Waals surface area contributed by atoms with Gasteiger partial charge in [0.05, 0.1) is 10.6 Å². The highest BCUT2D eigenvalue weighted by Crippen LogP contribution is 2.21. The number of carbonyl (C=O) groups is 1. The molecular weight excluding hydrogens is 401 g/mol. The fourth-order valence-electron chi connectivity index (χ4n) is 2.69. The van der Waals surface area contributed by atoms with Gasteiger partial charge in [-0.3, -0.25) is 4.79 Å². The lowest BCUT2D eigenvalue weighted by molar-refractivity contribution is -0.113. The summed E-state index contributed by atoms with van der Waals surface area (Å²) in [6, 6.07) is 11.8. The number of carbonyl (C=O) groups excluding carboxylic acids is 1. The van der Waals surface area contributed by atoms with Crippen LogP contribution in [-0.4, -0.2) is 44.4 Å². The average molecular weight is 422 g/mol. The molecule has 1 fully saturated rings. The molecule has 2 aromatic rings. The summed E-state index contributed by atoms with van der Waals surface area (Å²) in [6.07, 6.45) is 1.54. The first-order chi connectivity index (χ1) is 13.3. The number of amides is 1. The molecule has 1 aliphatic rings. The van der Waals surface area contributed by atoms with Crippen molar-refractivity contribution in [3.63, 3.8) is 0 Å². The first-order valence-corrected chi connectivity index (χ1v) is 11.1. The van der Waals surface area contributed by atoms with Crippen molar-refractivity contribution in [1.29, 1.82) is 0 Å². The molecule has 1 heterocycles. The predicted octanol–water partition coefficient (Wildman–Crippen LogP) is 3.37. The number of rotatable bonds is 6. The molecule has 28 heavy (non-hydrogen) atoms. The summed E-state index contributed by atoms with van der Waals surface area (Å²) in [5, 5.41) is 2.71. The van der Waals surface area contributed by atoms with E-state index in [9.17, 15) is 17.6 Å². The molecule has 0 aliphatic carbocycles. The van der Waals surface area contributed by atoms with Gasteiger partial charge in [0, 0.05) is 30.6 Å². The Morgan fingerprint density at radius 1 is 1.18 bits per heavy atom. The van der Waals surface area contributed by atoms with Crippen LogP contribution >= 0.6 is 11.8 Å². The van der Waals surface area contributed by atoms with Crippen molar-refractivity contribution in [3.8, 4) is 0 Å². The second kappa shape index (κ2) is 8.74. The Labute approximate surface area is 167 Å². The van der Waals surface area contributed by atoms with E-state index in [2.05, 4.69) is 9.71 Å². The second-order valence-electron chi connectivity index (χ2n) is 6.32. The van der Waals surface area contributed by atoms with Crippen LogP contribution in [0.2, 0.25) is 0 Å². The van der Waals surface area contributed by atoms with Crippen LogP contribution in [0.4, 0.5) is 10.1 Å². The standard InChI is InChI=1S/C19H20FN3O3S2/c1-23-12-2-3-18(23)22-28(25,26)17-10-6-15(7-11-17)21-19(24)13-27-16-8-4-14(20)5-9-16/h4-11H,2-3,12-13H2,1H3,(H,21,24). The maximum atomic E-state index is 12.9. The molecule has 9 heteroatoms. The molecule has 0 spiro atoms. The largest absolute Gasteiger partial charge is 0.362 e. The topological polar surface area (TPSA) is 78.8 Å². The van der Waals surface area contributed by atoms with Crippen LogP contribution in [0.5, 0.6) is 0 Å². The van der Waals surface area contributed by atoms with Crippen molar-refractivity contribution in [1.82, 2.24) is 4.90 Å². The third kappa shape index (κ3) is 5.32. The molecule has 2 aromatic carbocycles. The van der Waals surface area contributed by atoms with E-state index in [0.29, 0.717) is 17.9 Å². The van der Waals surface area contributed by atoms with E-state index >= 15 is 0 Å². The van der Waals surface area contributed by atoms with E-state index in [1.54, 1.807) is 12.1 Å². The van der Waals surface area contributed by atoms with Crippen LogP contribution in [-0.2, 0) is 14.8 Å². The van der Waals surface area contributed by atoms with Crippen molar-refractivity contribution in [2.24, 2.45) is 4.40 Å². The zero-order valence-electron chi connectivity index (χ0n) is 15.3. The van der Waals surface area contributed by atoms with E-state index in [-0.39, 0.29) is 22.4 Å². The second-order valence-corrected chi connectivity index (χ2v) is 8.98. The van der Waals surface area contributed by atoms with E-state index in [0.717, 1.165) is 17.9 Å². The Bertz CT molecular complexity index is 974. The first-order valence-electron chi connectivity index (χ1n) is 8.67. The molecule has 6 nitrogen and oxygen atoms in total. The van der Waals surface area contributed by atoms with Gasteiger partial charge in [-0.2, -0.15) is 8.42 Å². The number of thioether (sulfide) groups is 1. The molecule has 0 aromatic heterocycles. The summed E-state index contributed by atoms with van der Waals surface area (Å²) in [5.41, 5.74) is 0.495. The minimum Gasteiger partial charge on any atom is -0.362 e. The summed E-state index contributed by atoms with van der Waals surface area (Å²) in [5.74, 6) is 0.160. The molecule has 148 valence electrons. The van der Waals surface area contributed by atoms with Crippen LogP contribution in [0.15, 0.2) is 62.7 Å². The highest BCUT2D eigenvalue weighted by Gasteiger charge is 2.20. The van der Waals surface area contributed by atoms with Crippen LogP contribution in [0.1, 0.15) is 12.8 Å². The minimum atomic E-state index is -3.77. The van der Waals surface area contributed by atoms with Gasteiger partial charge < -0.3 is 10.2 Å². The molecule has 0 unspecified atom stereocenters. The van der Waals surface area contributed by atoms with Gasteiger partial charge in [-0.15, -0.1) is 16.2 Å². The quantitative estimate of drug-likeness (QED) is 0.724. The highest BCUT2D eigenvalue weighted by atomic mass is 32.2. The number of benzene rings is 2. The van der Waals surface area contributed by atoms with Gasteiger partial charge in [0.1, 0.15) is 11.7 Å². The van der Waals surface area contributed by atoms with Crippen LogP contribution < -0.4 is 5.32 Å². The van der Waals surface area contributed by atoms with E-state index in [1.165, 1.54) is 48.2 Å². The molecule has 1 N–H and O–H groups in total. The Balaban J connectivity index is 1.59. The van der Waals surface area contributed by atoms with Gasteiger partial charge in [-0.1, -0.05) is 0 Å². The van der Waals surface area contributed by atoms with Crippen LogP contribution in [0.25, 0.3) is 0 Å². The molecule has 3 rings (SSSR count). The normalized spacial score (nSPS) is 15.8. The summed E-state index contributed by atoms with van der Waals surface area (Å²) in [6.45, 7) is 0.801. The molecular formula is C19H20FN3O3S2. The monoisotopic (exact) mass is 421 g/mol. The van der Waals surface area contributed by atoms with E-state index in [1.807, 2.05) is 11.9 Å². The highest BCUT2D eigenvalue weighted by molar-refractivity contribution is 8.00. The van der Waals surface area contributed by atoms with E-state index < -0.39 is 10.0 Å². The lowest BCUT2D eigenvalue weighted by Crippen LogP contribution is -2.20. The lowest BCUT2D eigenvalue weighted by atomic mass is 10.3. The van der Waals surface area contributed by atoms with E-state index in [4.69, 9.17) is 0 Å². The summed E-state index contributed by atoms with van der Waals surface area (Å²) < 4.78 is 41.6. The number of nitrogens with one attached hydrogen (secondary N) is 1. The number of anilines is 1. The number of hydrogen-bond acceptors (Lipinski definition) is 4. The maximum Gasteiger partial charge on any atom is 0.283 e. The van der Waals surface area contributed by atoms with Crippen molar-refractivity contribution >= 4 is 39.2 Å². The number of likely N-dealkylation sites (tertiary alicyclic amines) is 1. The van der Waals surface area contributed by atoms with Crippen molar-refractivity contribution < 1.29 is 17.6 Å². The molecule has 0 bridgehead atoms. The van der Waals surface area contributed by atoms with Crippen molar-refractivity contribution in [2.45, 2.75) is 22.6 Å².